The van der Waals surface area contributed by atoms with E-state index in [0.717, 1.165) is 6.26 Å². The Morgan fingerprint density at radius 1 is 1.64 bits per heavy atom. The van der Waals surface area contributed by atoms with Crippen molar-refractivity contribution in [1.82, 2.24) is 0 Å². The molecule has 0 N–H and O–H groups in total. The first-order valence-corrected chi connectivity index (χ1v) is 2.87. The summed E-state index contributed by atoms with van der Waals surface area (Å²) in [4.78, 5) is 19.8. The van der Waals surface area contributed by atoms with Crippen molar-refractivity contribution < 1.29 is 19.2 Å². The van der Waals surface area contributed by atoms with Crippen LogP contribution in [0.3, 0.4) is 0 Å². The predicted molar refractivity (Wildman–Crippen MR) is 32.1 cm³/mol. The van der Waals surface area contributed by atoms with E-state index in [-0.39, 0.29) is 18.7 Å². The van der Waals surface area contributed by atoms with Gasteiger partial charge in [-0.05, 0) is 0 Å². The zero-order valence-corrected chi connectivity index (χ0v) is 5.48. The summed E-state index contributed by atoms with van der Waals surface area (Å²) >= 11 is 0. The van der Waals surface area contributed by atoms with Gasteiger partial charge in [-0.15, -0.1) is 0 Å². The Hall–Kier alpha value is -1.59. The molecule has 0 aromatic carbocycles. The number of hydrogen-bond acceptors (Lipinski definition) is 5. The lowest BCUT2D eigenvalue weighted by Gasteiger charge is -1.93. The molecule has 0 aromatic heterocycles. The van der Waals surface area contributed by atoms with E-state index >= 15 is 0 Å². The van der Waals surface area contributed by atoms with E-state index in [1.165, 1.54) is 0 Å². The molecule has 0 fully saturated rings. The molecule has 0 aliphatic carbocycles. The lowest BCUT2D eigenvalue weighted by molar-refractivity contribution is -0.429. The summed E-state index contributed by atoms with van der Waals surface area (Å²) < 4.78 is 8.58. The second-order valence-corrected chi connectivity index (χ2v) is 1.83. The first kappa shape index (κ1) is 7.52. The summed E-state index contributed by atoms with van der Waals surface area (Å²) in [6.45, 7) is -0.00829. The van der Waals surface area contributed by atoms with E-state index in [4.69, 9.17) is 0 Å². The number of carbonyl (C=O) groups excluding carboxylic acids is 1. The molecule has 6 nitrogen and oxygen atoms in total. The minimum Gasteiger partial charge on any atom is -0.433 e. The summed E-state index contributed by atoms with van der Waals surface area (Å²) in [5.41, 5.74) is -0.157. The van der Waals surface area contributed by atoms with E-state index in [1.807, 2.05) is 0 Å². The molecule has 0 spiro atoms. The molecule has 0 saturated carbocycles. The zero-order chi connectivity index (χ0) is 8.27. The van der Waals surface area contributed by atoms with Crippen LogP contribution < -0.4 is 0 Å². The highest BCUT2D eigenvalue weighted by molar-refractivity contribution is 5.60. The van der Waals surface area contributed by atoms with Crippen molar-refractivity contribution in [3.05, 3.63) is 22.1 Å². The van der Waals surface area contributed by atoms with Crippen LogP contribution in [0.4, 0.5) is 4.79 Å². The number of ether oxygens (including phenoxy) is 2. The van der Waals surface area contributed by atoms with E-state index in [1.54, 1.807) is 0 Å². The molecule has 11 heavy (non-hydrogen) atoms. The van der Waals surface area contributed by atoms with E-state index in [9.17, 15) is 14.9 Å². The van der Waals surface area contributed by atoms with Crippen LogP contribution in [-0.4, -0.2) is 17.7 Å². The first-order chi connectivity index (χ1) is 5.20. The van der Waals surface area contributed by atoms with Gasteiger partial charge in [0.2, 0.25) is 0 Å². The van der Waals surface area contributed by atoms with Crippen molar-refractivity contribution in [2.45, 2.75) is 6.42 Å². The molecular weight excluding hydrogens is 154 g/mol. The molecule has 0 unspecified atom stereocenters. The van der Waals surface area contributed by atoms with Crippen LogP contribution in [0.1, 0.15) is 6.42 Å². The molecule has 1 aliphatic heterocycles. The standard InChI is InChI=1S/C5H5NO5/c7-5-10-2-1-4(3-11-5)6(8)9/h3H,1-2H2. The Bertz CT molecular complexity index is 221. The number of rotatable bonds is 1. The maximum Gasteiger partial charge on any atom is 0.513 e. The van der Waals surface area contributed by atoms with Crippen LogP contribution >= 0.6 is 0 Å². The highest BCUT2D eigenvalue weighted by Crippen LogP contribution is 2.07. The van der Waals surface area contributed by atoms with Gasteiger partial charge in [0.25, 0.3) is 5.70 Å². The molecule has 60 valence electrons. The van der Waals surface area contributed by atoms with Gasteiger partial charge in [-0.25, -0.2) is 4.79 Å². The van der Waals surface area contributed by atoms with Crippen LogP contribution in [-0.2, 0) is 9.47 Å². The maximum absolute atomic E-state index is 10.3. The van der Waals surface area contributed by atoms with E-state index in [0.29, 0.717) is 0 Å². The number of carbonyl (C=O) groups is 1. The summed E-state index contributed by atoms with van der Waals surface area (Å²) in [6, 6.07) is 0. The zero-order valence-electron chi connectivity index (χ0n) is 5.48. The normalized spacial score (nSPS) is 17.5. The van der Waals surface area contributed by atoms with Gasteiger partial charge in [0.05, 0.1) is 11.3 Å². The fourth-order valence-electron chi connectivity index (χ4n) is 0.582. The highest BCUT2D eigenvalue weighted by Gasteiger charge is 2.17. The van der Waals surface area contributed by atoms with Crippen LogP contribution in [0.15, 0.2) is 12.0 Å². The molecule has 1 heterocycles. The van der Waals surface area contributed by atoms with Gasteiger partial charge < -0.3 is 9.47 Å². The summed E-state index contributed by atoms with van der Waals surface area (Å²) in [7, 11) is 0. The minimum absolute atomic E-state index is 0.00829. The minimum atomic E-state index is -0.901. The third-order valence-corrected chi connectivity index (χ3v) is 1.10. The predicted octanol–water partition coefficient (Wildman–Crippen LogP) is 0.661. The SMILES string of the molecule is O=C1OC=C([N+](=O)[O-])CCO1. The Labute approximate surface area is 61.5 Å². The molecule has 1 aliphatic rings. The fourth-order valence-corrected chi connectivity index (χ4v) is 0.582. The highest BCUT2D eigenvalue weighted by atomic mass is 16.7. The average molecular weight is 159 g/mol. The number of nitrogens with zero attached hydrogens (tertiary/aromatic N) is 1. The van der Waals surface area contributed by atoms with E-state index in [2.05, 4.69) is 9.47 Å². The summed E-state index contributed by atoms with van der Waals surface area (Å²) in [5.74, 6) is 0. The Morgan fingerprint density at radius 2 is 2.36 bits per heavy atom. The third-order valence-electron chi connectivity index (χ3n) is 1.10. The van der Waals surface area contributed by atoms with Crippen LogP contribution in [0.2, 0.25) is 0 Å². The Kier molecular flexibility index (Phi) is 2.05. The van der Waals surface area contributed by atoms with Gasteiger partial charge in [0.1, 0.15) is 6.61 Å². The first-order valence-electron chi connectivity index (χ1n) is 2.87. The Morgan fingerprint density at radius 3 is 3.00 bits per heavy atom. The number of cyclic esters (lactones) is 2. The molecule has 6 heteroatoms. The number of hydrogen-bond donors (Lipinski definition) is 0. The van der Waals surface area contributed by atoms with Gasteiger partial charge in [-0.1, -0.05) is 0 Å². The van der Waals surface area contributed by atoms with Gasteiger partial charge in [0, 0.05) is 0 Å². The molecular formula is C5H5NO5. The monoisotopic (exact) mass is 159 g/mol. The largest absolute Gasteiger partial charge is 0.513 e. The van der Waals surface area contributed by atoms with Crippen molar-refractivity contribution >= 4 is 6.16 Å². The van der Waals surface area contributed by atoms with Crippen LogP contribution in [0.25, 0.3) is 0 Å². The molecule has 1 rings (SSSR count). The smallest absolute Gasteiger partial charge is 0.433 e. The molecule has 0 bridgehead atoms. The topological polar surface area (TPSA) is 78.7 Å². The third kappa shape index (κ3) is 1.92. The quantitative estimate of drug-likeness (QED) is 0.319. The Balaban J connectivity index is 2.66. The molecule has 0 radical (unpaired) electrons. The van der Waals surface area contributed by atoms with Gasteiger partial charge in [-0.2, -0.15) is 0 Å². The molecule has 0 aromatic rings. The second kappa shape index (κ2) is 3.00. The fraction of sp³-hybridized carbons (Fsp3) is 0.400. The van der Waals surface area contributed by atoms with Crippen LogP contribution in [0.5, 0.6) is 0 Å². The average Bonchev–Trinajstić information content (AvgIpc) is 2.13. The molecule has 0 amide bonds. The van der Waals surface area contributed by atoms with Gasteiger partial charge in [0.15, 0.2) is 6.26 Å². The van der Waals surface area contributed by atoms with Crippen molar-refractivity contribution in [3.8, 4) is 0 Å². The second-order valence-electron chi connectivity index (χ2n) is 1.83. The molecule has 0 atom stereocenters. The number of nitro groups is 1. The van der Waals surface area contributed by atoms with Gasteiger partial charge in [-0.3, -0.25) is 10.1 Å². The summed E-state index contributed by atoms with van der Waals surface area (Å²) in [5, 5.41) is 10.1. The molecule has 0 saturated heterocycles. The van der Waals surface area contributed by atoms with Crippen molar-refractivity contribution in [3.63, 3.8) is 0 Å². The van der Waals surface area contributed by atoms with Gasteiger partial charge >= 0.3 is 6.16 Å². The summed E-state index contributed by atoms with van der Waals surface area (Å²) in [6.07, 6.45) is -0.0181. The van der Waals surface area contributed by atoms with Crippen LogP contribution in [0, 0.1) is 10.1 Å². The van der Waals surface area contributed by atoms with E-state index < -0.39 is 11.1 Å². The van der Waals surface area contributed by atoms with Crippen molar-refractivity contribution in [2.24, 2.45) is 0 Å². The van der Waals surface area contributed by atoms with Crippen molar-refractivity contribution in [1.29, 1.82) is 0 Å². The van der Waals surface area contributed by atoms with Crippen molar-refractivity contribution in [2.75, 3.05) is 6.61 Å². The lowest BCUT2D eigenvalue weighted by Crippen LogP contribution is -2.02. The lowest BCUT2D eigenvalue weighted by atomic mass is 10.4. The maximum atomic E-state index is 10.3.